The molecule has 0 saturated heterocycles. The molecule has 7 heteroatoms. The van der Waals surface area contributed by atoms with Gasteiger partial charge >= 0.3 is 0 Å². The van der Waals surface area contributed by atoms with E-state index >= 15 is 0 Å². The second kappa shape index (κ2) is 7.96. The number of carbonyl (C=O) groups excluding carboxylic acids is 1. The minimum Gasteiger partial charge on any atom is -0.355 e. The summed E-state index contributed by atoms with van der Waals surface area (Å²) in [7, 11) is 0. The molecule has 1 aromatic carbocycles. The van der Waals surface area contributed by atoms with E-state index < -0.39 is 4.92 Å². The van der Waals surface area contributed by atoms with Crippen molar-refractivity contribution in [1.29, 1.82) is 0 Å². The summed E-state index contributed by atoms with van der Waals surface area (Å²) in [5.74, 6) is 0.324. The first-order valence-corrected chi connectivity index (χ1v) is 7.10. The fourth-order valence-electron chi connectivity index (χ4n) is 1.53. The number of nitrogens with zero attached hydrogens (tertiary/aromatic N) is 1. The van der Waals surface area contributed by atoms with E-state index in [2.05, 4.69) is 26.6 Å². The topological polar surface area (TPSA) is 84.3 Å². The Morgan fingerprint density at radius 2 is 2.15 bits per heavy atom. The normalized spacial score (nSPS) is 10.6. The monoisotopic (exact) mass is 343 g/mol. The number of nitrogens with one attached hydrogen (secondary N) is 2. The van der Waals surface area contributed by atoms with Gasteiger partial charge in [-0.1, -0.05) is 26.0 Å². The Morgan fingerprint density at radius 3 is 2.75 bits per heavy atom. The van der Waals surface area contributed by atoms with Crippen LogP contribution in [0.15, 0.2) is 22.7 Å². The molecule has 2 N–H and O–H groups in total. The molecule has 0 aliphatic heterocycles. The van der Waals surface area contributed by atoms with Gasteiger partial charge in [-0.2, -0.15) is 0 Å². The van der Waals surface area contributed by atoms with Crippen LogP contribution in [0.5, 0.6) is 0 Å². The molecular formula is C13H18BrN3O3. The van der Waals surface area contributed by atoms with Crippen LogP contribution >= 0.6 is 15.9 Å². The van der Waals surface area contributed by atoms with Crippen LogP contribution in [0.2, 0.25) is 0 Å². The van der Waals surface area contributed by atoms with Gasteiger partial charge in [0, 0.05) is 19.2 Å². The molecule has 0 aliphatic carbocycles. The molecule has 0 atom stereocenters. The fourth-order valence-corrected chi connectivity index (χ4v) is 2.08. The molecule has 0 aliphatic rings. The highest BCUT2D eigenvalue weighted by Crippen LogP contribution is 2.27. The molecule has 1 aromatic rings. The Hall–Kier alpha value is -1.47. The number of halogens is 1. The number of amides is 1. The highest BCUT2D eigenvalue weighted by Gasteiger charge is 2.14. The number of carbonyl (C=O) groups is 1. The lowest BCUT2D eigenvalue weighted by atomic mass is 10.2. The predicted octanol–water partition coefficient (Wildman–Crippen LogP) is 2.22. The van der Waals surface area contributed by atoms with Gasteiger partial charge < -0.3 is 10.6 Å². The second-order valence-electron chi connectivity index (χ2n) is 4.81. The van der Waals surface area contributed by atoms with E-state index in [0.717, 1.165) is 5.56 Å². The molecule has 0 bridgehead atoms. The summed E-state index contributed by atoms with van der Waals surface area (Å²) in [6, 6.07) is 4.83. The van der Waals surface area contributed by atoms with Gasteiger partial charge in [-0.3, -0.25) is 14.9 Å². The van der Waals surface area contributed by atoms with Gasteiger partial charge in [-0.25, -0.2) is 0 Å². The second-order valence-corrected chi connectivity index (χ2v) is 5.60. The summed E-state index contributed by atoms with van der Waals surface area (Å²) >= 11 is 3.22. The SMILES string of the molecule is CC(C)CNC(=O)CNCc1cccc([N+](=O)[O-])c1Br. The molecule has 0 unspecified atom stereocenters. The summed E-state index contributed by atoms with van der Waals surface area (Å²) in [5.41, 5.74) is 0.768. The molecule has 0 saturated carbocycles. The maximum atomic E-state index is 11.5. The highest BCUT2D eigenvalue weighted by molar-refractivity contribution is 9.10. The van der Waals surface area contributed by atoms with Crippen LogP contribution in [0.1, 0.15) is 19.4 Å². The van der Waals surface area contributed by atoms with Crippen molar-refractivity contribution < 1.29 is 9.72 Å². The van der Waals surface area contributed by atoms with Crippen LogP contribution in [0, 0.1) is 16.0 Å². The van der Waals surface area contributed by atoms with Gasteiger partial charge in [0.15, 0.2) is 0 Å². The van der Waals surface area contributed by atoms with E-state index in [-0.39, 0.29) is 18.1 Å². The first kappa shape index (κ1) is 16.6. The zero-order valence-corrected chi connectivity index (χ0v) is 13.1. The van der Waals surface area contributed by atoms with E-state index in [9.17, 15) is 14.9 Å². The average Bonchev–Trinajstić information content (AvgIpc) is 2.38. The number of rotatable bonds is 7. The van der Waals surface area contributed by atoms with Crippen LogP contribution in [-0.4, -0.2) is 23.9 Å². The highest BCUT2D eigenvalue weighted by atomic mass is 79.9. The molecule has 110 valence electrons. The molecule has 20 heavy (non-hydrogen) atoms. The Labute approximate surface area is 126 Å². The summed E-state index contributed by atoms with van der Waals surface area (Å²) in [5, 5.41) is 16.6. The van der Waals surface area contributed by atoms with Crippen LogP contribution in [0.3, 0.4) is 0 Å². The van der Waals surface area contributed by atoms with Crippen molar-refractivity contribution in [2.24, 2.45) is 5.92 Å². The molecule has 0 fully saturated rings. The summed E-state index contributed by atoms with van der Waals surface area (Å²) in [6.45, 7) is 5.25. The predicted molar refractivity (Wildman–Crippen MR) is 80.4 cm³/mol. The summed E-state index contributed by atoms with van der Waals surface area (Å²) in [6.07, 6.45) is 0. The van der Waals surface area contributed by atoms with Crippen molar-refractivity contribution >= 4 is 27.5 Å². The number of nitro groups is 1. The maximum Gasteiger partial charge on any atom is 0.283 e. The quantitative estimate of drug-likeness (QED) is 0.587. The van der Waals surface area contributed by atoms with Crippen molar-refractivity contribution in [2.75, 3.05) is 13.1 Å². The first-order valence-electron chi connectivity index (χ1n) is 6.31. The van der Waals surface area contributed by atoms with E-state index in [4.69, 9.17) is 0 Å². The van der Waals surface area contributed by atoms with Crippen molar-refractivity contribution in [3.63, 3.8) is 0 Å². The number of hydrogen-bond acceptors (Lipinski definition) is 4. The minimum absolute atomic E-state index is 0.0218. The van der Waals surface area contributed by atoms with Gasteiger partial charge in [0.25, 0.3) is 5.69 Å². The van der Waals surface area contributed by atoms with Crippen molar-refractivity contribution in [3.05, 3.63) is 38.3 Å². The van der Waals surface area contributed by atoms with Crippen LogP contribution < -0.4 is 10.6 Å². The third-order valence-electron chi connectivity index (χ3n) is 2.56. The molecule has 0 spiro atoms. The van der Waals surface area contributed by atoms with E-state index in [1.165, 1.54) is 6.07 Å². The van der Waals surface area contributed by atoms with Crippen LogP contribution in [0.4, 0.5) is 5.69 Å². The summed E-state index contributed by atoms with van der Waals surface area (Å²) in [4.78, 5) is 21.9. The Kier molecular flexibility index (Phi) is 6.60. The lowest BCUT2D eigenvalue weighted by Gasteiger charge is -2.09. The molecule has 1 amide bonds. The Bertz CT molecular complexity index is 492. The van der Waals surface area contributed by atoms with Gasteiger partial charge in [0.2, 0.25) is 5.91 Å². The van der Waals surface area contributed by atoms with Gasteiger partial charge in [0.1, 0.15) is 0 Å². The van der Waals surface area contributed by atoms with Crippen LogP contribution in [0.25, 0.3) is 0 Å². The third kappa shape index (κ3) is 5.26. The number of hydrogen-bond donors (Lipinski definition) is 2. The zero-order chi connectivity index (χ0) is 15.1. The molecule has 0 aromatic heterocycles. The zero-order valence-electron chi connectivity index (χ0n) is 11.5. The number of benzene rings is 1. The minimum atomic E-state index is -0.442. The molecule has 6 nitrogen and oxygen atoms in total. The largest absolute Gasteiger partial charge is 0.355 e. The molecule has 0 heterocycles. The first-order chi connectivity index (χ1) is 9.41. The van der Waals surface area contributed by atoms with Gasteiger partial charge in [-0.05, 0) is 27.4 Å². The average molecular weight is 344 g/mol. The van der Waals surface area contributed by atoms with E-state index in [1.54, 1.807) is 12.1 Å². The van der Waals surface area contributed by atoms with E-state index in [1.807, 2.05) is 13.8 Å². The molecule has 0 radical (unpaired) electrons. The smallest absolute Gasteiger partial charge is 0.283 e. The summed E-state index contributed by atoms with van der Waals surface area (Å²) < 4.78 is 0.445. The van der Waals surface area contributed by atoms with Crippen LogP contribution in [-0.2, 0) is 11.3 Å². The Morgan fingerprint density at radius 1 is 1.45 bits per heavy atom. The van der Waals surface area contributed by atoms with Crippen molar-refractivity contribution in [3.8, 4) is 0 Å². The third-order valence-corrected chi connectivity index (χ3v) is 3.48. The van der Waals surface area contributed by atoms with Crippen molar-refractivity contribution in [2.45, 2.75) is 20.4 Å². The Balaban J connectivity index is 2.48. The lowest BCUT2D eigenvalue weighted by Crippen LogP contribution is -2.35. The standard InChI is InChI=1S/C13H18BrN3O3/c1-9(2)6-16-12(18)8-15-7-10-4-3-5-11(13(10)14)17(19)20/h3-5,9,15H,6-8H2,1-2H3,(H,16,18). The van der Waals surface area contributed by atoms with Gasteiger partial charge in [0.05, 0.1) is 15.9 Å². The molecular weight excluding hydrogens is 326 g/mol. The maximum absolute atomic E-state index is 11.5. The van der Waals surface area contributed by atoms with E-state index in [0.29, 0.717) is 23.5 Å². The fraction of sp³-hybridized carbons (Fsp3) is 0.462. The van der Waals surface area contributed by atoms with Crippen molar-refractivity contribution in [1.82, 2.24) is 10.6 Å². The number of nitro benzene ring substituents is 1. The van der Waals surface area contributed by atoms with Gasteiger partial charge in [-0.15, -0.1) is 0 Å². The lowest BCUT2D eigenvalue weighted by molar-refractivity contribution is -0.385. The molecule has 1 rings (SSSR count).